The summed E-state index contributed by atoms with van der Waals surface area (Å²) < 4.78 is 11.4. The summed E-state index contributed by atoms with van der Waals surface area (Å²) in [6.45, 7) is 3.63. The highest BCUT2D eigenvalue weighted by atomic mass is 16.5. The Hall–Kier alpha value is -2.86. The van der Waals surface area contributed by atoms with E-state index >= 15 is 0 Å². The summed E-state index contributed by atoms with van der Waals surface area (Å²) in [6, 6.07) is 12.3. The van der Waals surface area contributed by atoms with Crippen LogP contribution in [0.3, 0.4) is 0 Å². The number of ether oxygens (including phenoxy) is 2. The molecule has 1 fully saturated rings. The van der Waals surface area contributed by atoms with Crippen LogP contribution in [0.4, 0.5) is 0 Å². The van der Waals surface area contributed by atoms with Gasteiger partial charge >= 0.3 is 5.97 Å². The smallest absolute Gasteiger partial charge is 0.335 e. The summed E-state index contributed by atoms with van der Waals surface area (Å²) >= 11 is 0. The molecule has 1 aliphatic rings. The van der Waals surface area contributed by atoms with E-state index in [1.54, 1.807) is 12.1 Å². The Kier molecular flexibility index (Phi) is 6.08. The van der Waals surface area contributed by atoms with E-state index in [2.05, 4.69) is 5.32 Å². The van der Waals surface area contributed by atoms with Gasteiger partial charge in [-0.15, -0.1) is 0 Å². The molecule has 1 atom stereocenters. The zero-order valence-corrected chi connectivity index (χ0v) is 15.2. The summed E-state index contributed by atoms with van der Waals surface area (Å²) in [7, 11) is 0. The van der Waals surface area contributed by atoms with Crippen molar-refractivity contribution in [3.05, 3.63) is 64.7 Å². The van der Waals surface area contributed by atoms with E-state index < -0.39 is 5.97 Å². The van der Waals surface area contributed by atoms with E-state index in [0.29, 0.717) is 25.3 Å². The molecule has 0 aliphatic carbocycles. The fourth-order valence-corrected chi connectivity index (χ4v) is 2.96. The van der Waals surface area contributed by atoms with E-state index in [4.69, 9.17) is 14.6 Å². The monoisotopic (exact) mass is 369 g/mol. The molecule has 3 rings (SSSR count). The van der Waals surface area contributed by atoms with E-state index in [1.807, 2.05) is 25.1 Å². The molecule has 0 bridgehead atoms. The Bertz CT molecular complexity index is 827. The second kappa shape index (κ2) is 8.68. The molecule has 0 spiro atoms. The lowest BCUT2D eigenvalue weighted by atomic mass is 10.1. The molecule has 27 heavy (non-hydrogen) atoms. The molecule has 2 aromatic rings. The molecule has 1 heterocycles. The molecule has 0 saturated carbocycles. The predicted molar refractivity (Wildman–Crippen MR) is 100.0 cm³/mol. The molecule has 0 radical (unpaired) electrons. The molecule has 6 heteroatoms. The van der Waals surface area contributed by atoms with Gasteiger partial charge in [0.1, 0.15) is 11.9 Å². The van der Waals surface area contributed by atoms with Crippen LogP contribution >= 0.6 is 0 Å². The minimum absolute atomic E-state index is 0.0417. The van der Waals surface area contributed by atoms with Gasteiger partial charge in [0.2, 0.25) is 5.91 Å². The normalized spacial score (nSPS) is 16.1. The van der Waals surface area contributed by atoms with Crippen LogP contribution in [-0.2, 0) is 22.5 Å². The van der Waals surface area contributed by atoms with Gasteiger partial charge in [0.15, 0.2) is 0 Å². The summed E-state index contributed by atoms with van der Waals surface area (Å²) in [4.78, 5) is 23.3. The van der Waals surface area contributed by atoms with Gasteiger partial charge in [-0.3, -0.25) is 4.79 Å². The van der Waals surface area contributed by atoms with Gasteiger partial charge in [0, 0.05) is 18.5 Å². The van der Waals surface area contributed by atoms with Crippen molar-refractivity contribution in [2.24, 2.45) is 0 Å². The standard InChI is InChI=1S/C21H23NO5/c1-14-5-6-17(19(9-14)27-18-7-8-26-13-18)12-22-20(23)11-15-3-2-4-16(10-15)21(24)25/h2-6,9-10,18H,7-8,11-13H2,1H3,(H,22,23)(H,24,25). The molecular formula is C21H23NO5. The van der Waals surface area contributed by atoms with Crippen LogP contribution in [0.5, 0.6) is 5.75 Å². The molecule has 142 valence electrons. The van der Waals surface area contributed by atoms with Gasteiger partial charge in [0.25, 0.3) is 0 Å². The molecule has 1 aliphatic heterocycles. The van der Waals surface area contributed by atoms with Gasteiger partial charge < -0.3 is 19.9 Å². The van der Waals surface area contributed by atoms with Crippen LogP contribution in [0.25, 0.3) is 0 Å². The minimum Gasteiger partial charge on any atom is -0.488 e. The molecule has 2 N–H and O–H groups in total. The second-order valence-corrected chi connectivity index (χ2v) is 6.67. The van der Waals surface area contributed by atoms with Crippen molar-refractivity contribution < 1.29 is 24.2 Å². The third-order valence-electron chi connectivity index (χ3n) is 4.42. The van der Waals surface area contributed by atoms with Crippen LogP contribution in [0.1, 0.15) is 33.5 Å². The first kappa shape index (κ1) is 18.9. The van der Waals surface area contributed by atoms with Crippen LogP contribution in [-0.4, -0.2) is 36.3 Å². The Morgan fingerprint density at radius 3 is 2.85 bits per heavy atom. The number of nitrogens with one attached hydrogen (secondary N) is 1. The van der Waals surface area contributed by atoms with E-state index in [9.17, 15) is 9.59 Å². The van der Waals surface area contributed by atoms with Gasteiger partial charge in [-0.25, -0.2) is 4.79 Å². The van der Waals surface area contributed by atoms with Gasteiger partial charge in [-0.05, 0) is 36.2 Å². The number of carboxylic acid groups (broad SMARTS) is 1. The maximum absolute atomic E-state index is 12.3. The summed E-state index contributed by atoms with van der Waals surface area (Å²) in [5, 5.41) is 11.9. The molecule has 2 aromatic carbocycles. The zero-order valence-electron chi connectivity index (χ0n) is 15.2. The lowest BCUT2D eigenvalue weighted by Crippen LogP contribution is -2.25. The molecule has 0 aromatic heterocycles. The third-order valence-corrected chi connectivity index (χ3v) is 4.42. The van der Waals surface area contributed by atoms with E-state index in [-0.39, 0.29) is 24.0 Å². The fourth-order valence-electron chi connectivity index (χ4n) is 2.96. The third kappa shape index (κ3) is 5.31. The van der Waals surface area contributed by atoms with E-state index in [1.165, 1.54) is 12.1 Å². The minimum atomic E-state index is -1.01. The maximum atomic E-state index is 12.3. The van der Waals surface area contributed by atoms with Gasteiger partial charge in [0.05, 0.1) is 25.2 Å². The number of amides is 1. The zero-order chi connectivity index (χ0) is 19.2. The molecule has 1 saturated heterocycles. The van der Waals surface area contributed by atoms with Crippen LogP contribution in [0, 0.1) is 6.92 Å². The maximum Gasteiger partial charge on any atom is 0.335 e. The topological polar surface area (TPSA) is 84.9 Å². The first-order valence-corrected chi connectivity index (χ1v) is 8.94. The Balaban J connectivity index is 1.61. The number of aromatic carboxylic acids is 1. The van der Waals surface area contributed by atoms with Crippen molar-refractivity contribution in [2.75, 3.05) is 13.2 Å². The van der Waals surface area contributed by atoms with Crippen molar-refractivity contribution in [1.82, 2.24) is 5.32 Å². The molecule has 1 amide bonds. The number of carbonyl (C=O) groups excluding carboxylic acids is 1. The Labute approximate surface area is 158 Å². The highest BCUT2D eigenvalue weighted by molar-refractivity contribution is 5.88. The van der Waals surface area contributed by atoms with Crippen molar-refractivity contribution in [2.45, 2.75) is 32.4 Å². The number of hydrogen-bond acceptors (Lipinski definition) is 4. The predicted octanol–water partition coefficient (Wildman–Crippen LogP) is 2.72. The van der Waals surface area contributed by atoms with E-state index in [0.717, 1.165) is 23.3 Å². The number of carbonyl (C=O) groups is 2. The quantitative estimate of drug-likeness (QED) is 0.784. The summed E-state index contributed by atoms with van der Waals surface area (Å²) in [5.41, 5.74) is 2.83. The summed E-state index contributed by atoms with van der Waals surface area (Å²) in [6.07, 6.45) is 1.03. The molecule has 1 unspecified atom stereocenters. The number of hydrogen-bond donors (Lipinski definition) is 2. The lowest BCUT2D eigenvalue weighted by Gasteiger charge is -2.17. The second-order valence-electron chi connectivity index (χ2n) is 6.67. The van der Waals surface area contributed by atoms with Crippen LogP contribution in [0.15, 0.2) is 42.5 Å². The number of rotatable bonds is 7. The van der Waals surface area contributed by atoms with Crippen LogP contribution < -0.4 is 10.1 Å². The van der Waals surface area contributed by atoms with Crippen LogP contribution in [0.2, 0.25) is 0 Å². The van der Waals surface area contributed by atoms with Gasteiger partial charge in [-0.2, -0.15) is 0 Å². The summed E-state index contributed by atoms with van der Waals surface area (Å²) in [5.74, 6) is -0.415. The number of benzene rings is 2. The average molecular weight is 369 g/mol. The highest BCUT2D eigenvalue weighted by Gasteiger charge is 2.19. The average Bonchev–Trinajstić information content (AvgIpc) is 3.14. The lowest BCUT2D eigenvalue weighted by molar-refractivity contribution is -0.120. The SMILES string of the molecule is Cc1ccc(CNC(=O)Cc2cccc(C(=O)O)c2)c(OC2CCOC2)c1. The first-order valence-electron chi connectivity index (χ1n) is 8.94. The molecular weight excluding hydrogens is 346 g/mol. The highest BCUT2D eigenvalue weighted by Crippen LogP contribution is 2.23. The Morgan fingerprint density at radius 1 is 1.26 bits per heavy atom. The largest absolute Gasteiger partial charge is 0.488 e. The van der Waals surface area contributed by atoms with Crippen molar-refractivity contribution >= 4 is 11.9 Å². The fraction of sp³-hybridized carbons (Fsp3) is 0.333. The first-order chi connectivity index (χ1) is 13.0. The number of carboxylic acids is 1. The Morgan fingerprint density at radius 2 is 2.11 bits per heavy atom. The van der Waals surface area contributed by atoms with Crippen molar-refractivity contribution in [3.8, 4) is 5.75 Å². The molecule has 6 nitrogen and oxygen atoms in total. The van der Waals surface area contributed by atoms with Gasteiger partial charge in [-0.1, -0.05) is 24.3 Å². The number of aryl methyl sites for hydroxylation is 1. The van der Waals surface area contributed by atoms with Crippen molar-refractivity contribution in [1.29, 1.82) is 0 Å². The van der Waals surface area contributed by atoms with Crippen molar-refractivity contribution in [3.63, 3.8) is 0 Å².